The number of alkyl halides is 4. The normalized spacial score (nSPS) is 22.2. The van der Waals surface area contributed by atoms with Gasteiger partial charge in [0.15, 0.2) is 0 Å². The van der Waals surface area contributed by atoms with Crippen LogP contribution in [0.4, 0.5) is 17.6 Å². The van der Waals surface area contributed by atoms with Crippen LogP contribution in [-0.2, 0) is 9.53 Å². The Hall–Kier alpha value is -0.850. The maximum absolute atomic E-state index is 12.9. The van der Waals surface area contributed by atoms with E-state index in [0.717, 1.165) is 0 Å². The van der Waals surface area contributed by atoms with Gasteiger partial charge in [-0.2, -0.15) is 8.78 Å². The Morgan fingerprint density at radius 1 is 1.50 bits per heavy atom. The molecule has 1 rings (SSSR count). The Labute approximate surface area is 103 Å². The highest BCUT2D eigenvalue weighted by Gasteiger charge is 2.43. The van der Waals surface area contributed by atoms with Crippen LogP contribution >= 0.6 is 0 Å². The van der Waals surface area contributed by atoms with Crippen molar-refractivity contribution in [3.05, 3.63) is 0 Å². The number of esters is 1. The molecule has 1 aliphatic heterocycles. The number of piperidine rings is 1. The second kappa shape index (κ2) is 6.36. The van der Waals surface area contributed by atoms with Gasteiger partial charge < -0.3 is 4.74 Å². The van der Waals surface area contributed by atoms with E-state index >= 15 is 0 Å². The smallest absolute Gasteiger partial charge is 0.319 e. The van der Waals surface area contributed by atoms with Crippen molar-refractivity contribution in [2.75, 3.05) is 26.2 Å². The quantitative estimate of drug-likeness (QED) is 0.567. The lowest BCUT2D eigenvalue weighted by molar-refractivity contribution is -0.156. The van der Waals surface area contributed by atoms with Crippen molar-refractivity contribution in [3.8, 4) is 0 Å². The topological polar surface area (TPSA) is 29.5 Å². The highest BCUT2D eigenvalue weighted by molar-refractivity contribution is 5.72. The van der Waals surface area contributed by atoms with E-state index in [4.69, 9.17) is 4.74 Å². The van der Waals surface area contributed by atoms with Crippen LogP contribution in [0.2, 0.25) is 0 Å². The van der Waals surface area contributed by atoms with Crippen molar-refractivity contribution < 1.29 is 27.1 Å². The molecule has 3 nitrogen and oxygen atoms in total. The van der Waals surface area contributed by atoms with Gasteiger partial charge in [0.05, 0.1) is 19.1 Å². The SMILES string of the molecule is CCOC(=O)C1CCCN(CC(F)(F)C(F)F)C1. The summed E-state index contributed by atoms with van der Waals surface area (Å²) in [6.07, 6.45) is -2.60. The Balaban J connectivity index is 2.51. The number of carbonyl (C=O) groups excluding carboxylic acids is 1. The molecule has 18 heavy (non-hydrogen) atoms. The summed E-state index contributed by atoms with van der Waals surface area (Å²) < 4.78 is 54.8. The van der Waals surface area contributed by atoms with Crippen molar-refractivity contribution in [3.63, 3.8) is 0 Å². The molecule has 0 aromatic rings. The summed E-state index contributed by atoms with van der Waals surface area (Å²) in [5.74, 6) is -4.97. The third kappa shape index (κ3) is 4.12. The summed E-state index contributed by atoms with van der Waals surface area (Å²) in [7, 11) is 0. The van der Waals surface area contributed by atoms with Crippen LogP contribution in [0.15, 0.2) is 0 Å². The van der Waals surface area contributed by atoms with Gasteiger partial charge in [0.1, 0.15) is 0 Å². The van der Waals surface area contributed by atoms with Crippen LogP contribution in [-0.4, -0.2) is 49.5 Å². The molecule has 1 saturated heterocycles. The number of halogens is 4. The van der Waals surface area contributed by atoms with Crippen molar-refractivity contribution in [2.45, 2.75) is 32.1 Å². The second-order valence-corrected chi connectivity index (χ2v) is 4.39. The van der Waals surface area contributed by atoms with Gasteiger partial charge in [-0.15, -0.1) is 0 Å². The van der Waals surface area contributed by atoms with E-state index in [1.54, 1.807) is 6.92 Å². The molecule has 1 unspecified atom stereocenters. The highest BCUT2D eigenvalue weighted by atomic mass is 19.3. The first kappa shape index (κ1) is 15.2. The molecule has 1 aliphatic rings. The third-order valence-corrected chi connectivity index (χ3v) is 2.88. The first-order chi connectivity index (χ1) is 8.36. The van der Waals surface area contributed by atoms with Gasteiger partial charge in [0.25, 0.3) is 0 Å². The molecular weight excluding hydrogens is 254 g/mol. The van der Waals surface area contributed by atoms with Crippen LogP contribution in [0.5, 0.6) is 0 Å². The molecule has 0 bridgehead atoms. The lowest BCUT2D eigenvalue weighted by Crippen LogP contribution is -2.47. The fraction of sp³-hybridized carbons (Fsp3) is 0.909. The average molecular weight is 271 g/mol. The average Bonchev–Trinajstić information content (AvgIpc) is 2.29. The number of likely N-dealkylation sites (tertiary alicyclic amines) is 1. The molecular formula is C11H17F4NO2. The Morgan fingerprint density at radius 2 is 2.17 bits per heavy atom. The van der Waals surface area contributed by atoms with Gasteiger partial charge in [-0.3, -0.25) is 9.69 Å². The summed E-state index contributed by atoms with van der Waals surface area (Å²) in [6, 6.07) is 0. The van der Waals surface area contributed by atoms with Crippen LogP contribution in [0, 0.1) is 5.92 Å². The van der Waals surface area contributed by atoms with E-state index in [1.165, 1.54) is 4.90 Å². The van der Waals surface area contributed by atoms with Crippen LogP contribution in [0.3, 0.4) is 0 Å². The Kier molecular flexibility index (Phi) is 5.37. The second-order valence-electron chi connectivity index (χ2n) is 4.39. The molecule has 0 aliphatic carbocycles. The molecule has 0 N–H and O–H groups in total. The van der Waals surface area contributed by atoms with Gasteiger partial charge in [0, 0.05) is 6.54 Å². The number of ether oxygens (including phenoxy) is 1. The van der Waals surface area contributed by atoms with Crippen molar-refractivity contribution in [1.82, 2.24) is 4.90 Å². The lowest BCUT2D eigenvalue weighted by atomic mass is 9.98. The summed E-state index contributed by atoms with van der Waals surface area (Å²) in [6.45, 7) is 1.23. The number of hydrogen-bond donors (Lipinski definition) is 0. The molecule has 0 radical (unpaired) electrons. The summed E-state index contributed by atoms with van der Waals surface area (Å²) in [5, 5.41) is 0. The first-order valence-corrected chi connectivity index (χ1v) is 5.91. The maximum atomic E-state index is 12.9. The molecule has 7 heteroatoms. The number of carbonyl (C=O) groups is 1. The van der Waals surface area contributed by atoms with Crippen LogP contribution < -0.4 is 0 Å². The summed E-state index contributed by atoms with van der Waals surface area (Å²) in [5.41, 5.74) is 0. The van der Waals surface area contributed by atoms with Gasteiger partial charge in [-0.25, -0.2) is 8.78 Å². The predicted molar refractivity (Wildman–Crippen MR) is 56.7 cm³/mol. The molecule has 106 valence electrons. The minimum atomic E-state index is -4.03. The van der Waals surface area contributed by atoms with Crippen LogP contribution in [0.25, 0.3) is 0 Å². The van der Waals surface area contributed by atoms with Crippen molar-refractivity contribution in [2.24, 2.45) is 5.92 Å². The maximum Gasteiger partial charge on any atom is 0.319 e. The van der Waals surface area contributed by atoms with Crippen LogP contribution in [0.1, 0.15) is 19.8 Å². The number of nitrogens with zero attached hydrogens (tertiary/aromatic N) is 1. The fourth-order valence-electron chi connectivity index (χ4n) is 2.02. The van der Waals surface area contributed by atoms with E-state index in [1.807, 2.05) is 0 Å². The number of hydrogen-bond acceptors (Lipinski definition) is 3. The zero-order valence-electron chi connectivity index (χ0n) is 10.2. The zero-order valence-corrected chi connectivity index (χ0v) is 10.2. The van der Waals surface area contributed by atoms with Gasteiger partial charge in [-0.05, 0) is 26.3 Å². The Morgan fingerprint density at radius 3 is 2.72 bits per heavy atom. The van der Waals surface area contributed by atoms with Crippen molar-refractivity contribution >= 4 is 5.97 Å². The van der Waals surface area contributed by atoms with E-state index < -0.39 is 30.8 Å². The highest BCUT2D eigenvalue weighted by Crippen LogP contribution is 2.27. The minimum absolute atomic E-state index is 0.0567. The summed E-state index contributed by atoms with van der Waals surface area (Å²) in [4.78, 5) is 12.7. The van der Waals surface area contributed by atoms with E-state index in [2.05, 4.69) is 0 Å². The van der Waals surface area contributed by atoms with Gasteiger partial charge >= 0.3 is 18.3 Å². The monoisotopic (exact) mass is 271 g/mol. The molecule has 1 heterocycles. The zero-order chi connectivity index (χ0) is 13.8. The van der Waals surface area contributed by atoms with Gasteiger partial charge in [0.2, 0.25) is 0 Å². The van der Waals surface area contributed by atoms with Crippen molar-refractivity contribution in [1.29, 1.82) is 0 Å². The lowest BCUT2D eigenvalue weighted by Gasteiger charge is -2.33. The van der Waals surface area contributed by atoms with E-state index in [0.29, 0.717) is 19.4 Å². The molecule has 0 aromatic carbocycles. The molecule has 0 amide bonds. The molecule has 1 fully saturated rings. The largest absolute Gasteiger partial charge is 0.466 e. The molecule has 0 spiro atoms. The van der Waals surface area contributed by atoms with Gasteiger partial charge in [-0.1, -0.05) is 0 Å². The first-order valence-electron chi connectivity index (χ1n) is 5.91. The Bertz CT molecular complexity index is 286. The molecule has 0 saturated carbocycles. The minimum Gasteiger partial charge on any atom is -0.466 e. The predicted octanol–water partition coefficient (Wildman–Crippen LogP) is 2.16. The van der Waals surface area contributed by atoms with E-state index in [-0.39, 0.29) is 13.2 Å². The third-order valence-electron chi connectivity index (χ3n) is 2.88. The summed E-state index contributed by atoms with van der Waals surface area (Å²) >= 11 is 0. The molecule has 1 atom stereocenters. The van der Waals surface area contributed by atoms with E-state index in [9.17, 15) is 22.4 Å². The number of rotatable bonds is 5. The molecule has 0 aromatic heterocycles. The standard InChI is InChI=1S/C11H17F4NO2/c1-2-18-9(17)8-4-3-5-16(6-8)7-11(14,15)10(12)13/h8,10H,2-7H2,1H3. The fourth-order valence-corrected chi connectivity index (χ4v) is 2.02.